The van der Waals surface area contributed by atoms with Gasteiger partial charge in [0.25, 0.3) is 5.91 Å². The van der Waals surface area contributed by atoms with E-state index in [0.29, 0.717) is 48.3 Å². The third kappa shape index (κ3) is 7.09. The van der Waals surface area contributed by atoms with Gasteiger partial charge in [-0.25, -0.2) is 4.98 Å². The molecule has 0 unspecified atom stereocenters. The van der Waals surface area contributed by atoms with Crippen LogP contribution < -0.4 is 19.7 Å². The van der Waals surface area contributed by atoms with Crippen molar-refractivity contribution < 1.29 is 23.9 Å². The fourth-order valence-corrected chi connectivity index (χ4v) is 5.23. The van der Waals surface area contributed by atoms with Crippen LogP contribution in [0.15, 0.2) is 53.9 Å². The van der Waals surface area contributed by atoms with Crippen LogP contribution in [0, 0.1) is 0 Å². The monoisotopic (exact) mass is 565 g/mol. The highest BCUT2D eigenvalue weighted by molar-refractivity contribution is 7.13. The lowest BCUT2D eigenvalue weighted by Gasteiger charge is -2.36. The molecule has 212 valence electrons. The summed E-state index contributed by atoms with van der Waals surface area (Å²) in [4.78, 5) is 48.8. The molecule has 2 heterocycles. The fourth-order valence-electron chi connectivity index (χ4n) is 4.50. The molecule has 1 fully saturated rings. The highest BCUT2D eigenvalue weighted by atomic mass is 32.1. The third-order valence-corrected chi connectivity index (χ3v) is 7.53. The van der Waals surface area contributed by atoms with Crippen molar-refractivity contribution in [3.8, 4) is 11.5 Å². The normalized spacial score (nSPS) is 13.2. The summed E-state index contributed by atoms with van der Waals surface area (Å²) in [5.41, 5.74) is 2.10. The Hall–Kier alpha value is -4.12. The number of hydrogen-bond acceptors (Lipinski definition) is 8. The second kappa shape index (κ2) is 13.3. The van der Waals surface area contributed by atoms with E-state index in [0.717, 1.165) is 11.4 Å². The molecule has 0 aliphatic carbocycles. The molecule has 0 atom stereocenters. The number of amides is 3. The molecular formula is C29H35N5O5S. The molecule has 10 nitrogen and oxygen atoms in total. The molecule has 3 amide bonds. The van der Waals surface area contributed by atoms with Crippen molar-refractivity contribution in [1.82, 2.24) is 14.8 Å². The number of nitrogens with one attached hydrogen (secondary N) is 1. The molecule has 3 aromatic rings. The van der Waals surface area contributed by atoms with E-state index in [-0.39, 0.29) is 36.7 Å². The number of benzene rings is 2. The molecule has 1 aliphatic heterocycles. The number of aromatic nitrogens is 1. The van der Waals surface area contributed by atoms with Gasteiger partial charge in [0, 0.05) is 43.2 Å². The molecule has 4 rings (SSSR count). The van der Waals surface area contributed by atoms with E-state index in [1.165, 1.54) is 16.2 Å². The molecule has 0 bridgehead atoms. The molecule has 1 N–H and O–H groups in total. The Kier molecular flexibility index (Phi) is 9.60. The van der Waals surface area contributed by atoms with Crippen molar-refractivity contribution in [2.75, 3.05) is 57.2 Å². The largest absolute Gasteiger partial charge is 0.497 e. The van der Waals surface area contributed by atoms with E-state index in [4.69, 9.17) is 9.47 Å². The highest BCUT2D eigenvalue weighted by Crippen LogP contribution is 2.28. The van der Waals surface area contributed by atoms with Gasteiger partial charge in [-0.1, -0.05) is 12.1 Å². The second-order valence-corrected chi connectivity index (χ2v) is 10.5. The van der Waals surface area contributed by atoms with Gasteiger partial charge in [0.2, 0.25) is 11.8 Å². The van der Waals surface area contributed by atoms with Crippen LogP contribution in [-0.2, 0) is 16.0 Å². The van der Waals surface area contributed by atoms with Gasteiger partial charge in [0.05, 0.1) is 32.0 Å². The molecule has 11 heteroatoms. The molecule has 40 heavy (non-hydrogen) atoms. The number of rotatable bonds is 10. The van der Waals surface area contributed by atoms with Crippen molar-refractivity contribution in [1.29, 1.82) is 0 Å². The maximum atomic E-state index is 13.0. The number of ether oxygens (including phenoxy) is 2. The topological polar surface area (TPSA) is 104 Å². The summed E-state index contributed by atoms with van der Waals surface area (Å²) in [6.45, 7) is 6.25. The maximum absolute atomic E-state index is 13.0. The molecule has 1 saturated heterocycles. The Labute approximate surface area is 238 Å². The summed E-state index contributed by atoms with van der Waals surface area (Å²) in [6, 6.07) is 14.5. The van der Waals surface area contributed by atoms with Crippen LogP contribution in [0.25, 0.3) is 0 Å². The van der Waals surface area contributed by atoms with E-state index in [9.17, 15) is 14.4 Å². The van der Waals surface area contributed by atoms with Crippen LogP contribution in [0.2, 0.25) is 0 Å². The van der Waals surface area contributed by atoms with Crippen molar-refractivity contribution in [3.63, 3.8) is 0 Å². The Morgan fingerprint density at radius 1 is 1.00 bits per heavy atom. The quantitative estimate of drug-likeness (QED) is 0.401. The summed E-state index contributed by atoms with van der Waals surface area (Å²) in [6.07, 6.45) is 0.162. The first-order chi connectivity index (χ1) is 19.3. The number of thiazole rings is 1. The molecule has 2 aromatic carbocycles. The lowest BCUT2D eigenvalue weighted by Crippen LogP contribution is -2.49. The number of nitrogens with zero attached hydrogens (tertiary/aromatic N) is 4. The van der Waals surface area contributed by atoms with E-state index in [2.05, 4.69) is 15.2 Å². The van der Waals surface area contributed by atoms with Gasteiger partial charge in [-0.15, -0.1) is 11.3 Å². The van der Waals surface area contributed by atoms with E-state index in [1.807, 2.05) is 43.0 Å². The minimum Gasteiger partial charge on any atom is -0.497 e. The summed E-state index contributed by atoms with van der Waals surface area (Å²) < 4.78 is 10.6. The zero-order chi connectivity index (χ0) is 28.6. The lowest BCUT2D eigenvalue weighted by molar-refractivity contribution is -0.130. The van der Waals surface area contributed by atoms with Crippen molar-refractivity contribution in [2.24, 2.45) is 0 Å². The van der Waals surface area contributed by atoms with Crippen LogP contribution >= 0.6 is 11.3 Å². The van der Waals surface area contributed by atoms with Crippen LogP contribution in [0.1, 0.15) is 29.9 Å². The summed E-state index contributed by atoms with van der Waals surface area (Å²) in [7, 11) is 3.22. The summed E-state index contributed by atoms with van der Waals surface area (Å²) in [5.74, 6) is 0.873. The number of carbonyl (C=O) groups excluding carboxylic acids is 3. The van der Waals surface area contributed by atoms with Gasteiger partial charge < -0.3 is 29.5 Å². The number of para-hydroxylation sites is 2. The average Bonchev–Trinajstić information content (AvgIpc) is 3.41. The number of methoxy groups -OCH3 is 2. The zero-order valence-electron chi connectivity index (χ0n) is 23.3. The molecule has 1 aromatic heterocycles. The number of hydrogen-bond donors (Lipinski definition) is 1. The molecule has 0 saturated carbocycles. The number of carbonyl (C=O) groups is 3. The SMILES string of the molecule is COc1ccc(C(=O)N(CC(=O)Nc2nc(CC(=O)N3CCN(c4ccccc4OC)CC3)cs2)C(C)C)cc1. The second-order valence-electron chi connectivity index (χ2n) is 9.66. The van der Waals surface area contributed by atoms with Crippen LogP contribution in [-0.4, -0.2) is 85.5 Å². The molecule has 0 spiro atoms. The van der Waals surface area contributed by atoms with Crippen LogP contribution in [0.5, 0.6) is 11.5 Å². The Morgan fingerprint density at radius 3 is 2.35 bits per heavy atom. The van der Waals surface area contributed by atoms with Gasteiger partial charge in [-0.05, 0) is 50.2 Å². The first-order valence-corrected chi connectivity index (χ1v) is 14.0. The number of anilines is 2. The van der Waals surface area contributed by atoms with Gasteiger partial charge in [-0.2, -0.15) is 0 Å². The van der Waals surface area contributed by atoms with Gasteiger partial charge in [0.15, 0.2) is 5.13 Å². The highest BCUT2D eigenvalue weighted by Gasteiger charge is 2.25. The predicted molar refractivity (Wildman–Crippen MR) is 155 cm³/mol. The zero-order valence-corrected chi connectivity index (χ0v) is 24.1. The Balaban J connectivity index is 1.28. The third-order valence-electron chi connectivity index (χ3n) is 6.72. The van der Waals surface area contributed by atoms with Gasteiger partial charge in [0.1, 0.15) is 18.0 Å². The lowest BCUT2D eigenvalue weighted by atomic mass is 10.1. The van der Waals surface area contributed by atoms with Gasteiger partial charge >= 0.3 is 0 Å². The Morgan fingerprint density at radius 2 is 1.70 bits per heavy atom. The van der Waals surface area contributed by atoms with E-state index < -0.39 is 0 Å². The van der Waals surface area contributed by atoms with Crippen LogP contribution in [0.3, 0.4) is 0 Å². The van der Waals surface area contributed by atoms with Gasteiger partial charge in [-0.3, -0.25) is 14.4 Å². The van der Waals surface area contributed by atoms with E-state index in [1.54, 1.807) is 43.9 Å². The minimum absolute atomic E-state index is 0.000996. The van der Waals surface area contributed by atoms with Crippen LogP contribution in [0.4, 0.5) is 10.8 Å². The van der Waals surface area contributed by atoms with E-state index >= 15 is 0 Å². The maximum Gasteiger partial charge on any atom is 0.254 e. The predicted octanol–water partition coefficient (Wildman–Crippen LogP) is 3.54. The average molecular weight is 566 g/mol. The minimum atomic E-state index is -0.352. The Bertz CT molecular complexity index is 1320. The van der Waals surface area contributed by atoms with Crippen molar-refractivity contribution in [3.05, 3.63) is 65.2 Å². The smallest absolute Gasteiger partial charge is 0.254 e. The molecule has 1 aliphatic rings. The standard InChI is InChI=1S/C29H35N5O5S/c1-20(2)34(28(37)21-9-11-23(38-3)12-10-21)18-26(35)31-29-30-22(19-40-29)17-27(36)33-15-13-32(14-16-33)24-7-5-6-8-25(24)39-4/h5-12,19-20H,13-18H2,1-4H3,(H,30,31,35). The summed E-state index contributed by atoms with van der Waals surface area (Å²) >= 11 is 1.26. The molecule has 0 radical (unpaired) electrons. The van der Waals surface area contributed by atoms with Crippen molar-refractivity contribution in [2.45, 2.75) is 26.3 Å². The van der Waals surface area contributed by atoms with Crippen molar-refractivity contribution >= 4 is 39.9 Å². The molecular weight excluding hydrogens is 530 g/mol. The number of piperazine rings is 1. The first kappa shape index (κ1) is 28.9. The first-order valence-electron chi connectivity index (χ1n) is 13.1. The summed E-state index contributed by atoms with van der Waals surface area (Å²) in [5, 5.41) is 4.95. The fraction of sp³-hybridized carbons (Fsp3) is 0.379.